The van der Waals surface area contributed by atoms with E-state index in [1.807, 2.05) is 30.3 Å². The molecule has 3 N–H and O–H groups in total. The lowest BCUT2D eigenvalue weighted by Gasteiger charge is -2.21. The maximum Gasteiger partial charge on any atom is 0.241 e. The smallest absolute Gasteiger partial charge is 0.241 e. The zero-order valence-corrected chi connectivity index (χ0v) is 12.2. The number of rotatable bonds is 6. The molecule has 1 heterocycles. The van der Waals surface area contributed by atoms with Gasteiger partial charge in [-0.15, -0.1) is 0 Å². The minimum absolute atomic E-state index is 0.0931. The van der Waals surface area contributed by atoms with Gasteiger partial charge in [0.15, 0.2) is 0 Å². The molecule has 1 aliphatic rings. The maximum absolute atomic E-state index is 12.0. The van der Waals surface area contributed by atoms with Gasteiger partial charge in [-0.05, 0) is 37.4 Å². The van der Waals surface area contributed by atoms with Crippen LogP contribution in [0, 0.1) is 5.92 Å². The van der Waals surface area contributed by atoms with Gasteiger partial charge in [-0.3, -0.25) is 4.79 Å². The van der Waals surface area contributed by atoms with E-state index in [2.05, 4.69) is 17.1 Å². The van der Waals surface area contributed by atoms with Crippen LogP contribution in [0.15, 0.2) is 30.3 Å². The van der Waals surface area contributed by atoms with Crippen LogP contribution in [0.25, 0.3) is 0 Å². The Hall–Kier alpha value is -1.39. The molecule has 1 aromatic rings. The number of nitrogens with zero attached hydrogens (tertiary/aromatic N) is 1. The van der Waals surface area contributed by atoms with Gasteiger partial charge in [0.2, 0.25) is 5.91 Å². The third-order valence-electron chi connectivity index (χ3n) is 3.83. The number of hydrogen-bond acceptors (Lipinski definition) is 3. The third-order valence-corrected chi connectivity index (χ3v) is 3.83. The highest BCUT2D eigenvalue weighted by Gasteiger charge is 2.18. The quantitative estimate of drug-likeness (QED) is 0.828. The number of nitrogens with one attached hydrogen (secondary N) is 1. The molecule has 2 atom stereocenters. The van der Waals surface area contributed by atoms with Crippen LogP contribution >= 0.6 is 0 Å². The normalized spacial score (nSPS) is 18.7. The van der Waals surface area contributed by atoms with Gasteiger partial charge in [-0.1, -0.05) is 37.3 Å². The predicted octanol–water partition coefficient (Wildman–Crippen LogP) is 1.53. The second kappa shape index (κ2) is 7.41. The summed E-state index contributed by atoms with van der Waals surface area (Å²) in [5.41, 5.74) is 6.82. The lowest BCUT2D eigenvalue weighted by Crippen LogP contribution is -2.39. The average molecular weight is 275 g/mol. The van der Waals surface area contributed by atoms with Gasteiger partial charge < -0.3 is 16.0 Å². The maximum atomic E-state index is 12.0. The van der Waals surface area contributed by atoms with Crippen LogP contribution < -0.4 is 11.1 Å². The number of carbonyl (C=O) groups excluding carboxylic acids is 1. The summed E-state index contributed by atoms with van der Waals surface area (Å²) in [7, 11) is 0. The molecule has 4 nitrogen and oxygen atoms in total. The zero-order chi connectivity index (χ0) is 14.4. The van der Waals surface area contributed by atoms with E-state index in [0.29, 0.717) is 12.5 Å². The molecule has 0 saturated carbocycles. The Bertz CT molecular complexity index is 415. The lowest BCUT2D eigenvalue weighted by molar-refractivity contribution is -0.122. The molecule has 0 spiro atoms. The monoisotopic (exact) mass is 275 g/mol. The molecule has 2 unspecified atom stereocenters. The Morgan fingerprint density at radius 2 is 1.95 bits per heavy atom. The molecule has 0 radical (unpaired) electrons. The molecule has 0 bridgehead atoms. The summed E-state index contributed by atoms with van der Waals surface area (Å²) < 4.78 is 0. The van der Waals surface area contributed by atoms with Crippen LogP contribution in [0.5, 0.6) is 0 Å². The van der Waals surface area contributed by atoms with Crippen LogP contribution in [0.4, 0.5) is 0 Å². The van der Waals surface area contributed by atoms with Crippen LogP contribution in [0.3, 0.4) is 0 Å². The summed E-state index contributed by atoms with van der Waals surface area (Å²) in [4.78, 5) is 14.5. The van der Waals surface area contributed by atoms with E-state index >= 15 is 0 Å². The first-order valence-electron chi connectivity index (χ1n) is 7.47. The Morgan fingerprint density at radius 1 is 1.30 bits per heavy atom. The van der Waals surface area contributed by atoms with E-state index in [0.717, 1.165) is 12.1 Å². The van der Waals surface area contributed by atoms with E-state index in [-0.39, 0.29) is 5.91 Å². The van der Waals surface area contributed by atoms with Crippen LogP contribution in [0.2, 0.25) is 0 Å². The fraction of sp³-hybridized carbons (Fsp3) is 0.562. The van der Waals surface area contributed by atoms with Gasteiger partial charge in [0, 0.05) is 13.1 Å². The van der Waals surface area contributed by atoms with Crippen molar-refractivity contribution in [3.8, 4) is 0 Å². The molecule has 0 aromatic heterocycles. The van der Waals surface area contributed by atoms with Gasteiger partial charge in [-0.25, -0.2) is 0 Å². The fourth-order valence-electron chi connectivity index (χ4n) is 2.67. The van der Waals surface area contributed by atoms with Crippen LogP contribution in [-0.2, 0) is 4.79 Å². The van der Waals surface area contributed by atoms with Gasteiger partial charge in [0.25, 0.3) is 0 Å². The van der Waals surface area contributed by atoms with Crippen molar-refractivity contribution >= 4 is 5.91 Å². The molecular formula is C16H25N3O. The number of nitrogens with two attached hydrogens (primary N) is 1. The number of amides is 1. The van der Waals surface area contributed by atoms with Crippen molar-refractivity contribution in [2.75, 3.05) is 26.2 Å². The molecule has 1 fully saturated rings. The topological polar surface area (TPSA) is 58.4 Å². The standard InChI is InChI=1S/C16H25N3O/c1-13(12-19-9-5-6-10-19)11-18-16(20)15(17)14-7-3-2-4-8-14/h2-4,7-8,13,15H,5-6,9-12,17H2,1H3,(H,18,20). The largest absolute Gasteiger partial charge is 0.354 e. The summed E-state index contributed by atoms with van der Waals surface area (Å²) in [6, 6.07) is 8.93. The van der Waals surface area contributed by atoms with Crippen molar-refractivity contribution in [2.45, 2.75) is 25.8 Å². The Balaban J connectivity index is 1.74. The molecule has 20 heavy (non-hydrogen) atoms. The number of carbonyl (C=O) groups is 1. The second-order valence-electron chi connectivity index (χ2n) is 5.75. The van der Waals surface area contributed by atoms with E-state index < -0.39 is 6.04 Å². The Morgan fingerprint density at radius 3 is 2.60 bits per heavy atom. The van der Waals surface area contributed by atoms with Crippen molar-refractivity contribution in [1.29, 1.82) is 0 Å². The SMILES string of the molecule is CC(CNC(=O)C(N)c1ccccc1)CN1CCCC1. The molecule has 1 aliphatic heterocycles. The third kappa shape index (κ3) is 4.32. The molecule has 1 saturated heterocycles. The molecule has 0 aliphatic carbocycles. The predicted molar refractivity (Wildman–Crippen MR) is 81.2 cm³/mol. The van der Waals surface area contributed by atoms with Crippen molar-refractivity contribution < 1.29 is 4.79 Å². The van der Waals surface area contributed by atoms with Crippen molar-refractivity contribution in [1.82, 2.24) is 10.2 Å². The van der Waals surface area contributed by atoms with Gasteiger partial charge in [0.1, 0.15) is 6.04 Å². The number of benzene rings is 1. The second-order valence-corrected chi connectivity index (χ2v) is 5.75. The molecule has 1 amide bonds. The van der Waals surface area contributed by atoms with Crippen LogP contribution in [0.1, 0.15) is 31.4 Å². The first kappa shape index (κ1) is 15.0. The van der Waals surface area contributed by atoms with Gasteiger partial charge >= 0.3 is 0 Å². The zero-order valence-electron chi connectivity index (χ0n) is 12.2. The van der Waals surface area contributed by atoms with Crippen molar-refractivity contribution in [3.05, 3.63) is 35.9 Å². The Labute approximate surface area is 121 Å². The molecule has 110 valence electrons. The summed E-state index contributed by atoms with van der Waals surface area (Å²) >= 11 is 0. The summed E-state index contributed by atoms with van der Waals surface area (Å²) in [6.07, 6.45) is 2.61. The first-order valence-corrected chi connectivity index (χ1v) is 7.47. The molecular weight excluding hydrogens is 250 g/mol. The minimum atomic E-state index is -0.574. The van der Waals surface area contributed by atoms with E-state index in [1.165, 1.54) is 25.9 Å². The van der Waals surface area contributed by atoms with Crippen LogP contribution in [-0.4, -0.2) is 37.0 Å². The first-order chi connectivity index (χ1) is 9.66. The molecule has 1 aromatic carbocycles. The number of likely N-dealkylation sites (tertiary alicyclic amines) is 1. The summed E-state index contributed by atoms with van der Waals surface area (Å²) in [6.45, 7) is 6.31. The van der Waals surface area contributed by atoms with E-state index in [1.54, 1.807) is 0 Å². The minimum Gasteiger partial charge on any atom is -0.354 e. The van der Waals surface area contributed by atoms with Crippen molar-refractivity contribution in [3.63, 3.8) is 0 Å². The molecule has 4 heteroatoms. The molecule has 2 rings (SSSR count). The van der Waals surface area contributed by atoms with Gasteiger partial charge in [-0.2, -0.15) is 0 Å². The van der Waals surface area contributed by atoms with E-state index in [4.69, 9.17) is 5.73 Å². The van der Waals surface area contributed by atoms with Crippen molar-refractivity contribution in [2.24, 2.45) is 11.7 Å². The van der Waals surface area contributed by atoms with E-state index in [9.17, 15) is 4.79 Å². The summed E-state index contributed by atoms with van der Waals surface area (Å²) in [5, 5.41) is 2.96. The Kier molecular flexibility index (Phi) is 5.56. The fourth-order valence-corrected chi connectivity index (χ4v) is 2.67. The van der Waals surface area contributed by atoms with Gasteiger partial charge in [0.05, 0.1) is 0 Å². The highest BCUT2D eigenvalue weighted by atomic mass is 16.2. The summed E-state index contributed by atoms with van der Waals surface area (Å²) in [5.74, 6) is 0.365. The highest BCUT2D eigenvalue weighted by Crippen LogP contribution is 2.11. The highest BCUT2D eigenvalue weighted by molar-refractivity contribution is 5.82. The number of hydrogen-bond donors (Lipinski definition) is 2. The average Bonchev–Trinajstić information content (AvgIpc) is 2.97. The lowest BCUT2D eigenvalue weighted by atomic mass is 10.1.